The van der Waals surface area contributed by atoms with Crippen molar-refractivity contribution >= 4 is 6.09 Å². The molecule has 0 bridgehead atoms. The van der Waals surface area contributed by atoms with Crippen molar-refractivity contribution in [3.63, 3.8) is 0 Å². The molecule has 4 nitrogen and oxygen atoms in total. The third-order valence-electron chi connectivity index (χ3n) is 3.23. The predicted molar refractivity (Wildman–Crippen MR) is 89.3 cm³/mol. The molecule has 1 amide bonds. The van der Waals surface area contributed by atoms with Gasteiger partial charge in [-0.3, -0.25) is 0 Å². The molecule has 0 unspecified atom stereocenters. The predicted octanol–water partition coefficient (Wildman–Crippen LogP) is 3.12. The number of primary amides is 1. The van der Waals surface area contributed by atoms with Gasteiger partial charge in [0.1, 0.15) is 5.75 Å². The number of hydrogen-bond acceptors (Lipinski definition) is 3. The molecule has 0 radical (unpaired) electrons. The lowest BCUT2D eigenvalue weighted by Gasteiger charge is -2.03. The normalized spacial score (nSPS) is 9.61. The van der Waals surface area contributed by atoms with Gasteiger partial charge in [-0.2, -0.15) is 0 Å². The maximum Gasteiger partial charge on any atom is 0.404 e. The van der Waals surface area contributed by atoms with Crippen molar-refractivity contribution in [2.45, 2.75) is 12.8 Å². The van der Waals surface area contributed by atoms with Gasteiger partial charge in [0, 0.05) is 5.56 Å². The fourth-order valence-electron chi connectivity index (χ4n) is 2.14. The van der Waals surface area contributed by atoms with Crippen molar-refractivity contribution in [3.8, 4) is 17.6 Å². The molecule has 2 N–H and O–H groups in total. The molecular weight excluding hydrogens is 290 g/mol. The van der Waals surface area contributed by atoms with Gasteiger partial charge < -0.3 is 15.2 Å². The minimum Gasteiger partial charge on any atom is -0.495 e. The number of carbonyl (C=O) groups is 1. The van der Waals surface area contributed by atoms with Crippen molar-refractivity contribution in [2.75, 3.05) is 13.7 Å². The third-order valence-corrected chi connectivity index (χ3v) is 3.23. The molecule has 2 aromatic carbocycles. The van der Waals surface area contributed by atoms with E-state index in [-0.39, 0.29) is 0 Å². The van der Waals surface area contributed by atoms with Gasteiger partial charge in [0.05, 0.1) is 19.3 Å². The van der Waals surface area contributed by atoms with Gasteiger partial charge >= 0.3 is 6.09 Å². The summed E-state index contributed by atoms with van der Waals surface area (Å²) < 4.78 is 10.0. The van der Waals surface area contributed by atoms with Gasteiger partial charge in [-0.1, -0.05) is 36.1 Å². The first-order chi connectivity index (χ1) is 11.2. The second-order valence-corrected chi connectivity index (χ2v) is 4.92. The van der Waals surface area contributed by atoms with Crippen molar-refractivity contribution in [1.82, 2.24) is 0 Å². The summed E-state index contributed by atoms with van der Waals surface area (Å²) in [4.78, 5) is 10.5. The van der Waals surface area contributed by atoms with E-state index in [1.165, 1.54) is 0 Å². The van der Waals surface area contributed by atoms with Crippen LogP contribution in [0.3, 0.4) is 0 Å². The average molecular weight is 309 g/mol. The Labute approximate surface area is 136 Å². The fraction of sp³-hybridized carbons (Fsp3) is 0.211. The number of amides is 1. The standard InChI is InChI=1S/C19H19NO3/c1-22-18-10-3-2-9-17(18)12-11-16-7-4-6-15(14-16)8-5-13-23-19(20)21/h2-4,6-7,9-10,14H,5,8,13H2,1H3,(H2,20,21). The van der Waals surface area contributed by atoms with Gasteiger partial charge in [0.15, 0.2) is 0 Å². The Hall–Kier alpha value is -2.93. The van der Waals surface area contributed by atoms with Crippen LogP contribution in [-0.4, -0.2) is 19.8 Å². The maximum absolute atomic E-state index is 10.5. The van der Waals surface area contributed by atoms with E-state index in [0.717, 1.165) is 35.3 Å². The molecule has 23 heavy (non-hydrogen) atoms. The molecule has 118 valence electrons. The number of hydrogen-bond donors (Lipinski definition) is 1. The summed E-state index contributed by atoms with van der Waals surface area (Å²) in [7, 11) is 1.63. The van der Waals surface area contributed by atoms with Crippen LogP contribution in [-0.2, 0) is 11.2 Å². The van der Waals surface area contributed by atoms with E-state index < -0.39 is 6.09 Å². The number of nitrogens with two attached hydrogens (primary N) is 1. The van der Waals surface area contributed by atoms with E-state index in [0.29, 0.717) is 6.61 Å². The molecular formula is C19H19NO3. The Morgan fingerprint density at radius 1 is 1.13 bits per heavy atom. The first-order valence-electron chi connectivity index (χ1n) is 7.35. The Kier molecular flexibility index (Phi) is 6.07. The SMILES string of the molecule is COc1ccccc1C#Cc1cccc(CCCOC(N)=O)c1. The minimum absolute atomic E-state index is 0.326. The quantitative estimate of drug-likeness (QED) is 0.682. The molecule has 0 aliphatic heterocycles. The first kappa shape index (κ1) is 16.4. The number of ether oxygens (including phenoxy) is 2. The highest BCUT2D eigenvalue weighted by Crippen LogP contribution is 2.16. The monoisotopic (exact) mass is 309 g/mol. The van der Waals surface area contributed by atoms with Crippen molar-refractivity contribution in [3.05, 3.63) is 65.2 Å². The highest BCUT2D eigenvalue weighted by Gasteiger charge is 1.99. The largest absolute Gasteiger partial charge is 0.495 e. The van der Waals surface area contributed by atoms with Crippen molar-refractivity contribution < 1.29 is 14.3 Å². The first-order valence-corrected chi connectivity index (χ1v) is 7.35. The van der Waals surface area contributed by atoms with Crippen LogP contribution in [0.15, 0.2) is 48.5 Å². The van der Waals surface area contributed by atoms with Crippen molar-refractivity contribution in [1.29, 1.82) is 0 Å². The molecule has 2 aromatic rings. The zero-order valence-corrected chi connectivity index (χ0v) is 13.0. The summed E-state index contributed by atoms with van der Waals surface area (Å²) in [6, 6.07) is 15.7. The van der Waals surface area contributed by atoms with Crippen molar-refractivity contribution in [2.24, 2.45) is 5.73 Å². The zero-order valence-electron chi connectivity index (χ0n) is 13.0. The lowest BCUT2D eigenvalue weighted by molar-refractivity contribution is 0.155. The van der Waals surface area contributed by atoms with Crippen LogP contribution >= 0.6 is 0 Å². The lowest BCUT2D eigenvalue weighted by Crippen LogP contribution is -2.13. The second-order valence-electron chi connectivity index (χ2n) is 4.92. The van der Waals surface area contributed by atoms with Gasteiger partial charge in [0.25, 0.3) is 0 Å². The summed E-state index contributed by atoms with van der Waals surface area (Å²) >= 11 is 0. The van der Waals surface area contributed by atoms with Crippen LogP contribution in [0.25, 0.3) is 0 Å². The maximum atomic E-state index is 10.5. The Morgan fingerprint density at radius 2 is 1.96 bits per heavy atom. The molecule has 0 fully saturated rings. The van der Waals surface area contributed by atoms with Crippen LogP contribution in [0.5, 0.6) is 5.75 Å². The number of rotatable bonds is 5. The Morgan fingerprint density at radius 3 is 2.74 bits per heavy atom. The summed E-state index contributed by atoms with van der Waals surface area (Å²) in [6.07, 6.45) is 0.797. The molecule has 0 aliphatic rings. The molecule has 4 heteroatoms. The van der Waals surface area contributed by atoms with E-state index in [2.05, 4.69) is 11.8 Å². The summed E-state index contributed by atoms with van der Waals surface area (Å²) in [5, 5.41) is 0. The van der Waals surface area contributed by atoms with Gasteiger partial charge in [-0.05, 0) is 42.7 Å². The van der Waals surface area contributed by atoms with Crippen LogP contribution in [0.2, 0.25) is 0 Å². The zero-order chi connectivity index (χ0) is 16.5. The molecule has 0 aliphatic carbocycles. The number of methoxy groups -OCH3 is 1. The minimum atomic E-state index is -0.735. The third kappa shape index (κ3) is 5.40. The topological polar surface area (TPSA) is 61.6 Å². The van der Waals surface area contributed by atoms with Crippen LogP contribution < -0.4 is 10.5 Å². The van der Waals surface area contributed by atoms with Crippen LogP contribution in [0, 0.1) is 11.8 Å². The van der Waals surface area contributed by atoms with E-state index in [1.807, 2.05) is 48.5 Å². The number of carbonyl (C=O) groups excluding carboxylic acids is 1. The van der Waals surface area contributed by atoms with E-state index in [9.17, 15) is 4.79 Å². The highest BCUT2D eigenvalue weighted by molar-refractivity contribution is 5.64. The fourth-order valence-corrected chi connectivity index (χ4v) is 2.14. The van der Waals surface area contributed by atoms with E-state index in [1.54, 1.807) is 7.11 Å². The molecule has 0 spiro atoms. The number of benzene rings is 2. The molecule has 0 saturated heterocycles. The molecule has 0 aromatic heterocycles. The molecule has 0 heterocycles. The average Bonchev–Trinajstić information content (AvgIpc) is 2.57. The van der Waals surface area contributed by atoms with Crippen LogP contribution in [0.4, 0.5) is 4.79 Å². The highest BCUT2D eigenvalue weighted by atomic mass is 16.5. The number of para-hydroxylation sites is 1. The lowest BCUT2D eigenvalue weighted by atomic mass is 10.1. The second kappa shape index (κ2) is 8.50. The van der Waals surface area contributed by atoms with Gasteiger partial charge in [0.2, 0.25) is 0 Å². The van der Waals surface area contributed by atoms with E-state index >= 15 is 0 Å². The molecule has 0 atom stereocenters. The van der Waals surface area contributed by atoms with Gasteiger partial charge in [-0.15, -0.1) is 0 Å². The van der Waals surface area contributed by atoms with Gasteiger partial charge in [-0.25, -0.2) is 4.79 Å². The summed E-state index contributed by atoms with van der Waals surface area (Å²) in [5.74, 6) is 7.04. The Balaban J connectivity index is 2.03. The molecule has 0 saturated carbocycles. The summed E-state index contributed by atoms with van der Waals surface area (Å²) in [5.41, 5.74) is 7.86. The van der Waals surface area contributed by atoms with E-state index in [4.69, 9.17) is 15.2 Å². The van der Waals surface area contributed by atoms with Crippen LogP contribution in [0.1, 0.15) is 23.1 Å². The molecule has 2 rings (SSSR count). The smallest absolute Gasteiger partial charge is 0.404 e. The number of aryl methyl sites for hydroxylation is 1. The Bertz CT molecular complexity index is 729. The summed E-state index contributed by atoms with van der Waals surface area (Å²) in [6.45, 7) is 0.326.